The lowest BCUT2D eigenvalue weighted by molar-refractivity contribution is -0.124. The van der Waals surface area contributed by atoms with Crippen molar-refractivity contribution in [1.82, 2.24) is 15.1 Å². The molecule has 1 N–H and O–H groups in total. The third kappa shape index (κ3) is 3.47. The molecule has 0 unspecified atom stereocenters. The van der Waals surface area contributed by atoms with Crippen molar-refractivity contribution in [3.8, 4) is 11.5 Å². The smallest absolute Gasteiger partial charge is 0.240 e. The molecule has 0 aliphatic carbocycles. The maximum absolute atomic E-state index is 12.6. The predicted octanol–water partition coefficient (Wildman–Crippen LogP) is 1.58. The van der Waals surface area contributed by atoms with Crippen LogP contribution < -0.4 is 19.7 Å². The quantitative estimate of drug-likeness (QED) is 0.883. The molecule has 4 rings (SSSR count). The van der Waals surface area contributed by atoms with Gasteiger partial charge in [-0.2, -0.15) is 5.10 Å². The van der Waals surface area contributed by atoms with Crippen LogP contribution in [0.25, 0.3) is 0 Å². The van der Waals surface area contributed by atoms with Gasteiger partial charge in [0.1, 0.15) is 25.6 Å². The van der Waals surface area contributed by atoms with Gasteiger partial charge in [0.2, 0.25) is 11.8 Å². The van der Waals surface area contributed by atoms with Gasteiger partial charge >= 0.3 is 0 Å². The third-order valence-electron chi connectivity index (χ3n) is 4.74. The number of nitrogens with zero attached hydrogens (tertiary/aromatic N) is 3. The highest BCUT2D eigenvalue weighted by molar-refractivity contribution is 5.99. The Morgan fingerprint density at radius 2 is 2.04 bits per heavy atom. The summed E-state index contributed by atoms with van der Waals surface area (Å²) in [5, 5.41) is 7.31. The van der Waals surface area contributed by atoms with E-state index in [9.17, 15) is 9.59 Å². The highest BCUT2D eigenvalue weighted by Gasteiger charge is 2.28. The fourth-order valence-electron chi connectivity index (χ4n) is 3.39. The Morgan fingerprint density at radius 1 is 1.26 bits per heavy atom. The number of benzene rings is 1. The summed E-state index contributed by atoms with van der Waals surface area (Å²) in [6.45, 7) is 5.35. The van der Waals surface area contributed by atoms with Crippen LogP contribution >= 0.6 is 0 Å². The van der Waals surface area contributed by atoms with Crippen LogP contribution in [0.15, 0.2) is 24.3 Å². The van der Waals surface area contributed by atoms with Crippen molar-refractivity contribution in [2.45, 2.75) is 32.9 Å². The van der Waals surface area contributed by atoms with Crippen LogP contribution in [0.2, 0.25) is 0 Å². The van der Waals surface area contributed by atoms with E-state index in [1.807, 2.05) is 38.1 Å². The summed E-state index contributed by atoms with van der Waals surface area (Å²) < 4.78 is 12.9. The Kier molecular flexibility index (Phi) is 4.47. The van der Waals surface area contributed by atoms with Crippen molar-refractivity contribution in [3.05, 3.63) is 35.5 Å². The Morgan fingerprint density at radius 3 is 2.85 bits per heavy atom. The number of hydrogen-bond donors (Lipinski definition) is 1. The fourth-order valence-corrected chi connectivity index (χ4v) is 3.39. The van der Waals surface area contributed by atoms with Crippen LogP contribution in [-0.4, -0.2) is 41.4 Å². The molecule has 0 saturated carbocycles. The van der Waals surface area contributed by atoms with Crippen LogP contribution in [0.5, 0.6) is 11.5 Å². The Balaban J connectivity index is 1.44. The van der Waals surface area contributed by atoms with Gasteiger partial charge in [0.15, 0.2) is 11.5 Å². The second-order valence-electron chi connectivity index (χ2n) is 6.79. The zero-order valence-electron chi connectivity index (χ0n) is 15.4. The Hall–Kier alpha value is -3.03. The van der Waals surface area contributed by atoms with Crippen LogP contribution in [0.1, 0.15) is 30.6 Å². The largest absolute Gasteiger partial charge is 0.486 e. The summed E-state index contributed by atoms with van der Waals surface area (Å²) in [5.74, 6) is 1.78. The second kappa shape index (κ2) is 6.94. The number of ether oxygens (including phenoxy) is 2. The SMILES string of the molecule is Cc1cc2n(n1)CCC(=O)N2CC(=O)N[C@H](C)c1ccc2c(c1)OCCO2. The lowest BCUT2D eigenvalue weighted by Gasteiger charge is -2.27. The minimum Gasteiger partial charge on any atom is -0.486 e. The molecular formula is C19H22N4O4. The average molecular weight is 370 g/mol. The summed E-state index contributed by atoms with van der Waals surface area (Å²) >= 11 is 0. The van der Waals surface area contributed by atoms with E-state index < -0.39 is 0 Å². The van der Waals surface area contributed by atoms with Crippen molar-refractivity contribution >= 4 is 17.6 Å². The normalized spacial score (nSPS) is 16.7. The number of carbonyl (C=O) groups is 2. The van der Waals surface area contributed by atoms with Crippen molar-refractivity contribution < 1.29 is 19.1 Å². The molecule has 1 aromatic heterocycles. The van der Waals surface area contributed by atoms with E-state index in [4.69, 9.17) is 9.47 Å². The molecule has 0 bridgehead atoms. The monoisotopic (exact) mass is 370 g/mol. The molecule has 2 aromatic rings. The number of carbonyl (C=O) groups excluding carboxylic acids is 2. The maximum atomic E-state index is 12.6. The predicted molar refractivity (Wildman–Crippen MR) is 97.9 cm³/mol. The number of rotatable bonds is 4. The molecule has 2 aliphatic rings. The second-order valence-corrected chi connectivity index (χ2v) is 6.79. The van der Waals surface area contributed by atoms with Gasteiger partial charge in [-0.05, 0) is 31.5 Å². The molecule has 2 aliphatic heterocycles. The zero-order chi connectivity index (χ0) is 19.0. The molecule has 142 valence electrons. The summed E-state index contributed by atoms with van der Waals surface area (Å²) in [4.78, 5) is 26.3. The number of nitrogens with one attached hydrogen (secondary N) is 1. The topological polar surface area (TPSA) is 85.7 Å². The first-order valence-corrected chi connectivity index (χ1v) is 9.05. The van der Waals surface area contributed by atoms with Gasteiger partial charge in [-0.1, -0.05) is 6.07 Å². The minimum absolute atomic E-state index is 0.0289. The van der Waals surface area contributed by atoms with Gasteiger partial charge < -0.3 is 14.8 Å². The summed E-state index contributed by atoms with van der Waals surface area (Å²) in [7, 11) is 0. The third-order valence-corrected chi connectivity index (χ3v) is 4.74. The van der Waals surface area contributed by atoms with Crippen LogP contribution in [0, 0.1) is 6.92 Å². The van der Waals surface area contributed by atoms with Gasteiger partial charge in [-0.15, -0.1) is 0 Å². The maximum Gasteiger partial charge on any atom is 0.240 e. The number of anilines is 1. The van der Waals surface area contributed by atoms with Crippen LogP contribution in [-0.2, 0) is 16.1 Å². The van der Waals surface area contributed by atoms with E-state index in [-0.39, 0.29) is 24.4 Å². The minimum atomic E-state index is -0.224. The lowest BCUT2D eigenvalue weighted by Crippen LogP contribution is -2.44. The zero-order valence-corrected chi connectivity index (χ0v) is 15.4. The summed E-state index contributed by atoms with van der Waals surface area (Å²) in [6, 6.07) is 7.24. The fraction of sp³-hybridized carbons (Fsp3) is 0.421. The Labute approximate surface area is 157 Å². The van der Waals surface area contributed by atoms with E-state index in [1.54, 1.807) is 4.68 Å². The summed E-state index contributed by atoms with van der Waals surface area (Å²) in [6.07, 6.45) is 0.346. The molecule has 27 heavy (non-hydrogen) atoms. The van der Waals surface area contributed by atoms with Gasteiger partial charge in [-0.3, -0.25) is 14.5 Å². The molecule has 0 saturated heterocycles. The van der Waals surface area contributed by atoms with Gasteiger partial charge in [0.25, 0.3) is 0 Å². The lowest BCUT2D eigenvalue weighted by atomic mass is 10.1. The number of fused-ring (bicyclic) bond motifs is 2. The van der Waals surface area contributed by atoms with E-state index >= 15 is 0 Å². The molecule has 8 heteroatoms. The number of aryl methyl sites for hydroxylation is 2. The number of amides is 2. The molecule has 1 aromatic carbocycles. The van der Waals surface area contributed by atoms with E-state index in [0.29, 0.717) is 43.5 Å². The van der Waals surface area contributed by atoms with Gasteiger partial charge in [-0.25, -0.2) is 4.68 Å². The standard InChI is InChI=1S/C19H22N4O4/c1-12-9-18-22(19(25)5-6-23(18)21-12)11-17(24)20-13(2)14-3-4-15-16(10-14)27-8-7-26-15/h3-4,9-10,13H,5-8,11H2,1-2H3,(H,20,24)/t13-/m1/s1. The summed E-state index contributed by atoms with van der Waals surface area (Å²) in [5.41, 5.74) is 1.74. The molecule has 8 nitrogen and oxygen atoms in total. The molecule has 3 heterocycles. The molecule has 0 spiro atoms. The van der Waals surface area contributed by atoms with Crippen LogP contribution in [0.3, 0.4) is 0 Å². The molecule has 1 atom stereocenters. The van der Waals surface area contributed by atoms with Crippen molar-refractivity contribution in [3.63, 3.8) is 0 Å². The first-order valence-electron chi connectivity index (χ1n) is 9.05. The molecule has 0 radical (unpaired) electrons. The van der Waals surface area contributed by atoms with Crippen molar-refractivity contribution in [2.24, 2.45) is 0 Å². The average Bonchev–Trinajstić information content (AvgIpc) is 3.04. The van der Waals surface area contributed by atoms with E-state index in [1.165, 1.54) is 4.90 Å². The molecule has 0 fully saturated rings. The van der Waals surface area contributed by atoms with E-state index in [0.717, 1.165) is 11.3 Å². The van der Waals surface area contributed by atoms with Crippen molar-refractivity contribution in [2.75, 3.05) is 24.7 Å². The Bertz CT molecular complexity index is 892. The van der Waals surface area contributed by atoms with Gasteiger partial charge in [0.05, 0.1) is 18.3 Å². The first kappa shape index (κ1) is 17.4. The molecular weight excluding hydrogens is 348 g/mol. The number of hydrogen-bond acceptors (Lipinski definition) is 5. The molecule has 2 amide bonds. The number of aromatic nitrogens is 2. The highest BCUT2D eigenvalue weighted by Crippen LogP contribution is 2.32. The van der Waals surface area contributed by atoms with E-state index in [2.05, 4.69) is 10.4 Å². The first-order chi connectivity index (χ1) is 13.0. The van der Waals surface area contributed by atoms with Crippen LogP contribution in [0.4, 0.5) is 5.82 Å². The van der Waals surface area contributed by atoms with Crippen molar-refractivity contribution in [1.29, 1.82) is 0 Å². The highest BCUT2D eigenvalue weighted by atomic mass is 16.6. The van der Waals surface area contributed by atoms with Gasteiger partial charge in [0, 0.05) is 12.5 Å².